The molecule has 0 radical (unpaired) electrons. The fourth-order valence-electron chi connectivity index (χ4n) is 3.98. The Morgan fingerprint density at radius 2 is 1.56 bits per heavy atom. The average molecular weight is 561 g/mol. The van der Waals surface area contributed by atoms with Crippen LogP contribution in [0.25, 0.3) is 0 Å². The fraction of sp³-hybridized carbons (Fsp3) is 0.0714. The third-order valence-electron chi connectivity index (χ3n) is 5.81. The number of anilines is 1. The molecule has 0 saturated heterocycles. The second kappa shape index (κ2) is 9.72. The molecule has 6 nitrogen and oxygen atoms in total. The first-order chi connectivity index (χ1) is 17.3. The summed E-state index contributed by atoms with van der Waals surface area (Å²) >= 11 is 3.39. The Hall–Kier alpha value is -3.75. The standard InChI is InChI=1S/C28H21BrN2O4S/c1-19-14-16-21(17-15-19)31(27-23-10-4-7-13-26(23)36(33,34)30-27)18-20-8-2-6-12-25(20)35-28(32)22-9-3-5-11-24(22)29/h2-17H,18H2,1H3. The molecule has 0 fully saturated rings. The Morgan fingerprint density at radius 1 is 0.889 bits per heavy atom. The summed E-state index contributed by atoms with van der Waals surface area (Å²) in [6.07, 6.45) is 0. The number of hydrogen-bond donors (Lipinski definition) is 0. The van der Waals surface area contributed by atoms with Crippen molar-refractivity contribution in [2.75, 3.05) is 4.90 Å². The van der Waals surface area contributed by atoms with Gasteiger partial charge >= 0.3 is 5.97 Å². The molecule has 36 heavy (non-hydrogen) atoms. The van der Waals surface area contributed by atoms with Crippen LogP contribution >= 0.6 is 15.9 Å². The van der Waals surface area contributed by atoms with Crippen LogP contribution in [0.4, 0.5) is 5.69 Å². The third-order valence-corrected chi connectivity index (χ3v) is 7.83. The first kappa shape index (κ1) is 24.0. The molecule has 1 aliphatic heterocycles. The number of aryl methyl sites for hydroxylation is 1. The van der Waals surface area contributed by atoms with Crippen LogP contribution < -0.4 is 9.64 Å². The minimum absolute atomic E-state index is 0.172. The molecule has 5 rings (SSSR count). The molecule has 180 valence electrons. The summed E-state index contributed by atoms with van der Waals surface area (Å²) in [5.41, 5.74) is 3.47. The lowest BCUT2D eigenvalue weighted by atomic mass is 10.1. The second-order valence-corrected chi connectivity index (χ2v) is 10.7. The van der Waals surface area contributed by atoms with Crippen molar-refractivity contribution in [3.63, 3.8) is 0 Å². The van der Waals surface area contributed by atoms with E-state index in [9.17, 15) is 13.2 Å². The smallest absolute Gasteiger partial charge is 0.344 e. The van der Waals surface area contributed by atoms with Crippen molar-refractivity contribution in [2.24, 2.45) is 4.40 Å². The van der Waals surface area contributed by atoms with Crippen LogP contribution in [0.5, 0.6) is 5.75 Å². The summed E-state index contributed by atoms with van der Waals surface area (Å²) in [5.74, 6) is 0.203. The van der Waals surface area contributed by atoms with Crippen LogP contribution in [0.2, 0.25) is 0 Å². The number of nitrogens with zero attached hydrogens (tertiary/aromatic N) is 2. The summed E-state index contributed by atoms with van der Waals surface area (Å²) < 4.78 is 36.2. The van der Waals surface area contributed by atoms with Crippen LogP contribution in [0.1, 0.15) is 27.0 Å². The van der Waals surface area contributed by atoms with Crippen molar-refractivity contribution < 1.29 is 17.9 Å². The molecule has 1 aliphatic rings. The number of esters is 1. The Labute approximate surface area is 218 Å². The van der Waals surface area contributed by atoms with Gasteiger partial charge in [0.2, 0.25) is 0 Å². The maximum Gasteiger partial charge on any atom is 0.344 e. The first-order valence-corrected chi connectivity index (χ1v) is 13.4. The van der Waals surface area contributed by atoms with Gasteiger partial charge < -0.3 is 9.64 Å². The number of rotatable bonds is 5. The number of halogens is 1. The van der Waals surface area contributed by atoms with Gasteiger partial charge in [-0.05, 0) is 65.3 Å². The summed E-state index contributed by atoms with van der Waals surface area (Å²) in [6.45, 7) is 2.21. The van der Waals surface area contributed by atoms with Gasteiger partial charge in [-0.3, -0.25) is 0 Å². The Kier molecular flexibility index (Phi) is 6.47. The highest BCUT2D eigenvalue weighted by molar-refractivity contribution is 9.10. The molecular weight excluding hydrogens is 540 g/mol. The molecule has 0 atom stereocenters. The van der Waals surface area contributed by atoms with Crippen molar-refractivity contribution in [1.29, 1.82) is 0 Å². The molecule has 4 aromatic carbocycles. The molecule has 0 amide bonds. The van der Waals surface area contributed by atoms with E-state index in [0.717, 1.165) is 11.3 Å². The van der Waals surface area contributed by atoms with E-state index in [1.807, 2.05) is 54.3 Å². The summed E-state index contributed by atoms with van der Waals surface area (Å²) in [6, 6.07) is 28.8. The van der Waals surface area contributed by atoms with E-state index in [0.29, 0.717) is 32.7 Å². The number of hydrogen-bond acceptors (Lipinski definition) is 5. The molecule has 1 heterocycles. The van der Waals surface area contributed by atoms with Crippen molar-refractivity contribution in [1.82, 2.24) is 0 Å². The van der Waals surface area contributed by atoms with Gasteiger partial charge in [0.15, 0.2) is 5.84 Å². The zero-order chi connectivity index (χ0) is 25.3. The number of fused-ring (bicyclic) bond motifs is 1. The van der Waals surface area contributed by atoms with Crippen LogP contribution in [0.15, 0.2) is 111 Å². The lowest BCUT2D eigenvalue weighted by Gasteiger charge is -2.26. The zero-order valence-electron chi connectivity index (χ0n) is 19.3. The van der Waals surface area contributed by atoms with E-state index in [1.165, 1.54) is 0 Å². The first-order valence-electron chi connectivity index (χ1n) is 11.2. The highest BCUT2D eigenvalue weighted by atomic mass is 79.9. The van der Waals surface area contributed by atoms with E-state index in [1.54, 1.807) is 54.6 Å². The second-order valence-electron chi connectivity index (χ2n) is 8.28. The normalized spacial score (nSPS) is 13.6. The third kappa shape index (κ3) is 4.69. The van der Waals surface area contributed by atoms with Crippen LogP contribution in [0, 0.1) is 6.92 Å². The fourth-order valence-corrected chi connectivity index (χ4v) is 5.64. The Morgan fingerprint density at radius 3 is 2.33 bits per heavy atom. The van der Waals surface area contributed by atoms with Gasteiger partial charge in [0.05, 0.1) is 12.1 Å². The van der Waals surface area contributed by atoms with Gasteiger partial charge in [0.1, 0.15) is 10.6 Å². The number of carbonyl (C=O) groups excluding carboxylic acids is 1. The maximum atomic E-state index is 12.9. The van der Waals surface area contributed by atoms with Gasteiger partial charge in [-0.15, -0.1) is 4.40 Å². The van der Waals surface area contributed by atoms with Crippen molar-refractivity contribution in [3.8, 4) is 5.75 Å². The van der Waals surface area contributed by atoms with E-state index < -0.39 is 16.0 Å². The van der Waals surface area contributed by atoms with Gasteiger partial charge in [-0.1, -0.05) is 60.2 Å². The number of carbonyl (C=O) groups is 1. The topological polar surface area (TPSA) is 76.0 Å². The number of para-hydroxylation sites is 1. The van der Waals surface area contributed by atoms with Crippen LogP contribution in [-0.2, 0) is 16.6 Å². The number of ether oxygens (including phenoxy) is 1. The number of sulfonamides is 1. The van der Waals surface area contributed by atoms with Crippen molar-refractivity contribution >= 4 is 43.4 Å². The molecule has 0 unspecified atom stereocenters. The highest BCUT2D eigenvalue weighted by Crippen LogP contribution is 2.32. The lowest BCUT2D eigenvalue weighted by Crippen LogP contribution is -2.30. The average Bonchev–Trinajstić information content (AvgIpc) is 3.15. The zero-order valence-corrected chi connectivity index (χ0v) is 21.7. The summed E-state index contributed by atoms with van der Waals surface area (Å²) in [7, 11) is -3.82. The van der Waals surface area contributed by atoms with E-state index in [4.69, 9.17) is 4.74 Å². The molecular formula is C28H21BrN2O4S. The predicted octanol–water partition coefficient (Wildman–Crippen LogP) is 6.13. The number of benzene rings is 4. The van der Waals surface area contributed by atoms with Gasteiger partial charge in [-0.25, -0.2) is 4.79 Å². The molecule has 8 heteroatoms. The van der Waals surface area contributed by atoms with Gasteiger partial charge in [0.25, 0.3) is 10.0 Å². The Balaban J connectivity index is 1.56. The minimum Gasteiger partial charge on any atom is -0.423 e. The van der Waals surface area contributed by atoms with E-state index in [2.05, 4.69) is 20.3 Å². The minimum atomic E-state index is -3.82. The van der Waals surface area contributed by atoms with Crippen molar-refractivity contribution in [2.45, 2.75) is 18.4 Å². The Bertz CT molecular complexity index is 1600. The van der Waals surface area contributed by atoms with E-state index in [-0.39, 0.29) is 11.4 Å². The summed E-state index contributed by atoms with van der Waals surface area (Å²) in [4.78, 5) is 14.9. The number of amidine groups is 1. The largest absolute Gasteiger partial charge is 0.423 e. The molecule has 4 aromatic rings. The van der Waals surface area contributed by atoms with Crippen LogP contribution in [-0.4, -0.2) is 20.2 Å². The molecule has 0 aliphatic carbocycles. The molecule has 0 N–H and O–H groups in total. The van der Waals surface area contributed by atoms with Crippen LogP contribution in [0.3, 0.4) is 0 Å². The van der Waals surface area contributed by atoms with Gasteiger partial charge in [-0.2, -0.15) is 8.42 Å². The predicted molar refractivity (Wildman–Crippen MR) is 143 cm³/mol. The van der Waals surface area contributed by atoms with Crippen molar-refractivity contribution in [3.05, 3.63) is 124 Å². The maximum absolute atomic E-state index is 12.9. The summed E-state index contributed by atoms with van der Waals surface area (Å²) in [5, 5.41) is 0. The molecule has 0 saturated carbocycles. The van der Waals surface area contributed by atoms with Gasteiger partial charge in [0, 0.05) is 21.3 Å². The monoisotopic (exact) mass is 560 g/mol. The SMILES string of the molecule is Cc1ccc(N(Cc2ccccc2OC(=O)c2ccccc2Br)C2=NS(=O)(=O)c3ccccc32)cc1. The molecule has 0 bridgehead atoms. The van der Waals surface area contributed by atoms with E-state index >= 15 is 0 Å². The highest BCUT2D eigenvalue weighted by Gasteiger charge is 2.32. The molecule has 0 spiro atoms. The lowest BCUT2D eigenvalue weighted by molar-refractivity contribution is 0.0732. The quantitative estimate of drug-likeness (QED) is 0.216. The molecule has 0 aromatic heterocycles.